The maximum absolute atomic E-state index is 14.1. The van der Waals surface area contributed by atoms with Crippen molar-refractivity contribution in [3.8, 4) is 0 Å². The van der Waals surface area contributed by atoms with E-state index < -0.39 is 80.7 Å². The SMILES string of the molecule is C=C[C@@H]1C[C@]1(NC(=O)[C@@H]1C[C@@H]2CN1C(=O)[C@H](C(C)C)NC(=O)OCCC/C=C\c1cccc3c1CN(C3)C(=O)O2)C(=O)NS(=O)(=O)C1CC1. The Labute approximate surface area is 285 Å². The van der Waals surface area contributed by atoms with Gasteiger partial charge in [-0.1, -0.05) is 50.3 Å². The van der Waals surface area contributed by atoms with Crippen LogP contribution in [-0.2, 0) is 47.0 Å². The smallest absolute Gasteiger partial charge is 0.410 e. The average Bonchev–Trinajstić information content (AvgIpc) is 3.95. The molecule has 0 unspecified atom stereocenters. The highest BCUT2D eigenvalue weighted by molar-refractivity contribution is 7.91. The van der Waals surface area contributed by atoms with Crippen LogP contribution in [0.3, 0.4) is 0 Å². The summed E-state index contributed by atoms with van der Waals surface area (Å²) in [5.41, 5.74) is 1.39. The van der Waals surface area contributed by atoms with E-state index >= 15 is 0 Å². The molecule has 3 fully saturated rings. The summed E-state index contributed by atoms with van der Waals surface area (Å²) >= 11 is 0. The predicted molar refractivity (Wildman–Crippen MR) is 177 cm³/mol. The van der Waals surface area contributed by atoms with Crippen LogP contribution in [0.15, 0.2) is 36.9 Å². The van der Waals surface area contributed by atoms with Crippen molar-refractivity contribution < 1.29 is 41.9 Å². The van der Waals surface area contributed by atoms with Crippen LogP contribution in [0.2, 0.25) is 0 Å². The lowest BCUT2D eigenvalue weighted by molar-refractivity contribution is -0.141. The van der Waals surface area contributed by atoms with Crippen molar-refractivity contribution >= 4 is 46.0 Å². The van der Waals surface area contributed by atoms with Crippen molar-refractivity contribution in [2.24, 2.45) is 11.8 Å². The molecule has 0 spiro atoms. The summed E-state index contributed by atoms with van der Waals surface area (Å²) in [6.45, 7) is 7.87. The van der Waals surface area contributed by atoms with Crippen molar-refractivity contribution in [3.05, 3.63) is 53.6 Å². The first-order valence-corrected chi connectivity index (χ1v) is 18.3. The summed E-state index contributed by atoms with van der Waals surface area (Å²) in [6.07, 6.45) is 5.33. The van der Waals surface area contributed by atoms with Crippen molar-refractivity contribution in [1.29, 1.82) is 0 Å². The number of sulfonamides is 1. The lowest BCUT2D eigenvalue weighted by Gasteiger charge is -2.31. The van der Waals surface area contributed by atoms with Gasteiger partial charge in [0.1, 0.15) is 23.7 Å². The number of nitrogens with one attached hydrogen (secondary N) is 3. The van der Waals surface area contributed by atoms with Gasteiger partial charge in [0.05, 0.1) is 24.9 Å². The fourth-order valence-electron chi connectivity index (χ4n) is 6.78. The van der Waals surface area contributed by atoms with Crippen LogP contribution in [-0.4, -0.2) is 90.3 Å². The highest BCUT2D eigenvalue weighted by Gasteiger charge is 2.62. The number of rotatable bonds is 7. The number of fused-ring (bicyclic) bond motifs is 3. The zero-order valence-electron chi connectivity index (χ0n) is 27.7. The Bertz CT molecular complexity index is 1690. The van der Waals surface area contributed by atoms with E-state index in [2.05, 4.69) is 21.9 Å². The standard InChI is InChI=1S/C34H43N5O9S/c1-4-23-16-34(23,31(42)37-49(45,46)25-12-13-25)36-29(40)27-15-24-18-39(27)30(41)28(20(2)3)35-32(43)47-14-7-5-6-9-21-10-8-11-22-17-38(19-26(21)22)33(44)48-24/h4,6,8-11,20,23-25,27-28H,1,5,7,12-19H2,2-3H3,(H,35,43)(H,36,40)(H,37,42)/b9-6-/t23-,24-,27+,28+,34-/m1/s1. The number of cyclic esters (lactones) is 1. The molecule has 15 heteroatoms. The molecule has 0 radical (unpaired) electrons. The molecule has 2 aliphatic carbocycles. The van der Waals surface area contributed by atoms with Gasteiger partial charge >= 0.3 is 12.2 Å². The molecule has 5 aliphatic rings. The van der Waals surface area contributed by atoms with E-state index in [4.69, 9.17) is 9.47 Å². The Morgan fingerprint density at radius 1 is 1.16 bits per heavy atom. The molecular weight excluding hydrogens is 654 g/mol. The number of carbonyl (C=O) groups is 5. The normalized spacial score (nSPS) is 29.5. The number of allylic oxidation sites excluding steroid dienone is 1. The third kappa shape index (κ3) is 7.17. The zero-order chi connectivity index (χ0) is 35.1. The third-order valence-electron chi connectivity index (χ3n) is 9.89. The van der Waals surface area contributed by atoms with E-state index in [1.807, 2.05) is 30.4 Å². The highest BCUT2D eigenvalue weighted by atomic mass is 32.2. The molecule has 1 aromatic carbocycles. The minimum atomic E-state index is -3.90. The van der Waals surface area contributed by atoms with Crippen molar-refractivity contribution in [2.45, 2.75) is 94.4 Å². The van der Waals surface area contributed by atoms with Crippen LogP contribution in [0, 0.1) is 11.8 Å². The van der Waals surface area contributed by atoms with Crippen LogP contribution < -0.4 is 15.4 Å². The molecule has 3 aliphatic heterocycles. The average molecular weight is 698 g/mol. The fourth-order valence-corrected chi connectivity index (χ4v) is 8.15. The number of ether oxygens (including phenoxy) is 2. The molecule has 1 saturated heterocycles. The summed E-state index contributed by atoms with van der Waals surface area (Å²) in [6, 6.07) is 3.58. The second kappa shape index (κ2) is 13.5. The van der Waals surface area contributed by atoms with Gasteiger partial charge in [-0.15, -0.1) is 6.58 Å². The van der Waals surface area contributed by atoms with Gasteiger partial charge in [0.15, 0.2) is 0 Å². The van der Waals surface area contributed by atoms with Gasteiger partial charge in [-0.2, -0.15) is 0 Å². The molecule has 264 valence electrons. The van der Waals surface area contributed by atoms with E-state index in [1.165, 1.54) is 11.0 Å². The van der Waals surface area contributed by atoms with Crippen molar-refractivity contribution in [3.63, 3.8) is 0 Å². The minimum absolute atomic E-state index is 0.0792. The van der Waals surface area contributed by atoms with Gasteiger partial charge < -0.3 is 25.0 Å². The molecule has 1 aromatic rings. The van der Waals surface area contributed by atoms with E-state index in [1.54, 1.807) is 18.7 Å². The van der Waals surface area contributed by atoms with E-state index in [9.17, 15) is 32.4 Å². The first-order chi connectivity index (χ1) is 23.3. The molecule has 3 heterocycles. The Balaban J connectivity index is 1.26. The summed E-state index contributed by atoms with van der Waals surface area (Å²) < 4.78 is 38.6. The van der Waals surface area contributed by atoms with Crippen molar-refractivity contribution in [2.75, 3.05) is 13.2 Å². The molecule has 2 saturated carbocycles. The number of hydrogen-bond donors (Lipinski definition) is 3. The predicted octanol–water partition coefficient (Wildman–Crippen LogP) is 2.34. The molecule has 4 bridgehead atoms. The highest BCUT2D eigenvalue weighted by Crippen LogP contribution is 2.45. The number of nitrogens with zero attached hydrogens (tertiary/aromatic N) is 2. The molecule has 6 rings (SSSR count). The number of alkyl carbamates (subject to hydrolysis) is 1. The second-order valence-electron chi connectivity index (χ2n) is 13.8. The summed E-state index contributed by atoms with van der Waals surface area (Å²) in [7, 11) is -3.90. The van der Waals surface area contributed by atoms with Gasteiger partial charge in [0, 0.05) is 18.9 Å². The molecule has 3 N–H and O–H groups in total. The molecule has 0 aromatic heterocycles. The van der Waals surface area contributed by atoms with Gasteiger partial charge in [0.25, 0.3) is 5.91 Å². The van der Waals surface area contributed by atoms with Gasteiger partial charge in [-0.05, 0) is 54.7 Å². The first-order valence-electron chi connectivity index (χ1n) is 16.8. The Hall–Kier alpha value is -4.40. The number of carbonyl (C=O) groups excluding carboxylic acids is 5. The summed E-state index contributed by atoms with van der Waals surface area (Å²) in [4.78, 5) is 70.6. The molecule has 5 amide bonds. The van der Waals surface area contributed by atoms with Crippen LogP contribution in [0.25, 0.3) is 6.08 Å². The number of hydrogen-bond acceptors (Lipinski definition) is 9. The maximum Gasteiger partial charge on any atom is 0.410 e. The van der Waals surface area contributed by atoms with E-state index in [0.717, 1.165) is 16.7 Å². The zero-order valence-corrected chi connectivity index (χ0v) is 28.5. The van der Waals surface area contributed by atoms with Crippen LogP contribution >= 0.6 is 0 Å². The van der Waals surface area contributed by atoms with Crippen LogP contribution in [0.1, 0.15) is 69.1 Å². The van der Waals surface area contributed by atoms with Gasteiger partial charge in [-0.3, -0.25) is 24.0 Å². The van der Waals surface area contributed by atoms with Gasteiger partial charge in [-0.25, -0.2) is 18.0 Å². The van der Waals surface area contributed by atoms with Gasteiger partial charge in [0.2, 0.25) is 21.8 Å². The maximum atomic E-state index is 14.1. The van der Waals surface area contributed by atoms with Crippen LogP contribution in [0.4, 0.5) is 9.59 Å². The molecule has 5 atom stereocenters. The Morgan fingerprint density at radius 3 is 2.63 bits per heavy atom. The summed E-state index contributed by atoms with van der Waals surface area (Å²) in [5, 5.41) is 4.71. The second-order valence-corrected chi connectivity index (χ2v) is 15.8. The van der Waals surface area contributed by atoms with Crippen molar-refractivity contribution in [1.82, 2.24) is 25.2 Å². The third-order valence-corrected chi connectivity index (χ3v) is 11.7. The topological polar surface area (TPSA) is 181 Å². The Kier molecular flexibility index (Phi) is 9.48. The number of amides is 5. The lowest BCUT2D eigenvalue weighted by atomic mass is 10.0. The monoisotopic (exact) mass is 697 g/mol. The lowest BCUT2D eigenvalue weighted by Crippen LogP contribution is -2.59. The molecule has 14 nitrogen and oxygen atoms in total. The minimum Gasteiger partial charge on any atom is -0.450 e. The van der Waals surface area contributed by atoms with E-state index in [0.29, 0.717) is 38.8 Å². The van der Waals surface area contributed by atoms with E-state index in [-0.39, 0.29) is 26.0 Å². The fraction of sp³-hybridized carbons (Fsp3) is 0.559. The quantitative estimate of drug-likeness (QED) is 0.361. The summed E-state index contributed by atoms with van der Waals surface area (Å²) in [5.74, 6) is -3.11. The first kappa shape index (κ1) is 34.5. The molecule has 49 heavy (non-hydrogen) atoms. The van der Waals surface area contributed by atoms with Crippen LogP contribution in [0.5, 0.6) is 0 Å². The number of benzene rings is 1. The molecular formula is C34H43N5O9S. The largest absolute Gasteiger partial charge is 0.450 e. The Morgan fingerprint density at radius 2 is 1.94 bits per heavy atom.